The molecule has 0 atom stereocenters. The van der Waals surface area contributed by atoms with Gasteiger partial charge in [-0.1, -0.05) is 0 Å². The van der Waals surface area contributed by atoms with Crippen molar-refractivity contribution in [3.8, 4) is 5.75 Å². The van der Waals surface area contributed by atoms with Crippen molar-refractivity contribution in [2.45, 2.75) is 6.61 Å². The maximum atomic E-state index is 5.72. The summed E-state index contributed by atoms with van der Waals surface area (Å²) in [5.74, 6) is 0.915. The van der Waals surface area contributed by atoms with Crippen LogP contribution in [0.3, 0.4) is 0 Å². The average molecular weight is 229 g/mol. The van der Waals surface area contributed by atoms with E-state index in [1.807, 2.05) is 24.4 Å². The van der Waals surface area contributed by atoms with Crippen LogP contribution < -0.4 is 4.74 Å². The van der Waals surface area contributed by atoms with Crippen molar-refractivity contribution in [3.63, 3.8) is 0 Å². The van der Waals surface area contributed by atoms with Gasteiger partial charge in [0, 0.05) is 17.1 Å². The highest BCUT2D eigenvalue weighted by molar-refractivity contribution is 7.07. The molecule has 16 heavy (non-hydrogen) atoms. The molecule has 0 saturated heterocycles. The second kappa shape index (κ2) is 4.02. The Morgan fingerprint density at radius 2 is 2.19 bits per heavy atom. The van der Waals surface area contributed by atoms with Crippen LogP contribution in [0.2, 0.25) is 0 Å². The lowest BCUT2D eigenvalue weighted by atomic mass is 10.2. The molecule has 0 amide bonds. The van der Waals surface area contributed by atoms with Crippen LogP contribution in [0.15, 0.2) is 47.3 Å². The Kier molecular flexibility index (Phi) is 2.38. The van der Waals surface area contributed by atoms with Gasteiger partial charge < -0.3 is 9.72 Å². The standard InChI is InChI=1S/C13H11NOS/c1-2-13-11(3-5-14-13)7-12(1)15-8-10-4-6-16-9-10/h1-7,9,14H,8H2. The second-order valence-electron chi connectivity index (χ2n) is 3.65. The summed E-state index contributed by atoms with van der Waals surface area (Å²) in [5.41, 5.74) is 2.36. The molecule has 3 heteroatoms. The van der Waals surface area contributed by atoms with E-state index in [2.05, 4.69) is 27.9 Å². The van der Waals surface area contributed by atoms with Gasteiger partial charge in [0.2, 0.25) is 0 Å². The number of rotatable bonds is 3. The molecule has 0 fully saturated rings. The summed E-state index contributed by atoms with van der Waals surface area (Å²) in [6.07, 6.45) is 1.94. The van der Waals surface area contributed by atoms with E-state index in [4.69, 9.17) is 4.74 Å². The molecule has 0 aliphatic heterocycles. The van der Waals surface area contributed by atoms with Crippen LogP contribution in [-0.2, 0) is 6.61 Å². The maximum absolute atomic E-state index is 5.72. The normalized spacial score (nSPS) is 10.8. The molecule has 1 aromatic carbocycles. The van der Waals surface area contributed by atoms with Crippen molar-refractivity contribution in [3.05, 3.63) is 52.9 Å². The molecule has 0 bridgehead atoms. The minimum absolute atomic E-state index is 0.638. The van der Waals surface area contributed by atoms with Crippen LogP contribution in [-0.4, -0.2) is 4.98 Å². The van der Waals surface area contributed by atoms with E-state index in [-0.39, 0.29) is 0 Å². The first-order chi connectivity index (χ1) is 7.92. The smallest absolute Gasteiger partial charge is 0.120 e. The van der Waals surface area contributed by atoms with E-state index in [1.165, 1.54) is 10.9 Å². The Bertz CT molecular complexity index is 583. The van der Waals surface area contributed by atoms with Gasteiger partial charge in [0.15, 0.2) is 0 Å². The number of aromatic nitrogens is 1. The van der Waals surface area contributed by atoms with Crippen molar-refractivity contribution in [2.24, 2.45) is 0 Å². The maximum Gasteiger partial charge on any atom is 0.120 e. The lowest BCUT2D eigenvalue weighted by Crippen LogP contribution is -1.92. The summed E-state index contributed by atoms with van der Waals surface area (Å²) < 4.78 is 5.72. The van der Waals surface area contributed by atoms with Gasteiger partial charge >= 0.3 is 0 Å². The largest absolute Gasteiger partial charge is 0.489 e. The number of aromatic amines is 1. The molecule has 0 aliphatic rings. The molecule has 0 saturated carbocycles. The fourth-order valence-corrected chi connectivity index (χ4v) is 2.32. The molecule has 80 valence electrons. The van der Waals surface area contributed by atoms with Crippen molar-refractivity contribution < 1.29 is 4.74 Å². The number of nitrogens with one attached hydrogen (secondary N) is 1. The van der Waals surface area contributed by atoms with Crippen LogP contribution >= 0.6 is 11.3 Å². The van der Waals surface area contributed by atoms with Gasteiger partial charge in [-0.15, -0.1) is 0 Å². The summed E-state index contributed by atoms with van der Waals surface area (Å²) >= 11 is 1.69. The Morgan fingerprint density at radius 3 is 3.06 bits per heavy atom. The topological polar surface area (TPSA) is 25.0 Å². The molecule has 0 aliphatic carbocycles. The van der Waals surface area contributed by atoms with Crippen molar-refractivity contribution >= 4 is 22.2 Å². The minimum Gasteiger partial charge on any atom is -0.489 e. The first-order valence-corrected chi connectivity index (χ1v) is 6.07. The van der Waals surface area contributed by atoms with Gasteiger partial charge in [-0.3, -0.25) is 0 Å². The van der Waals surface area contributed by atoms with Crippen LogP contribution in [0.4, 0.5) is 0 Å². The highest BCUT2D eigenvalue weighted by atomic mass is 32.1. The fraction of sp³-hybridized carbons (Fsp3) is 0.0769. The summed E-state index contributed by atoms with van der Waals surface area (Å²) in [5, 5.41) is 5.35. The van der Waals surface area contributed by atoms with Gasteiger partial charge in [0.25, 0.3) is 0 Å². The molecule has 1 N–H and O–H groups in total. The third-order valence-electron chi connectivity index (χ3n) is 2.51. The molecular weight excluding hydrogens is 218 g/mol. The molecule has 0 radical (unpaired) electrons. The summed E-state index contributed by atoms with van der Waals surface area (Å²) in [6, 6.07) is 10.2. The molecule has 3 rings (SSSR count). The molecule has 2 aromatic heterocycles. The lowest BCUT2D eigenvalue weighted by Gasteiger charge is -2.04. The fourth-order valence-electron chi connectivity index (χ4n) is 1.66. The zero-order chi connectivity index (χ0) is 10.8. The monoisotopic (exact) mass is 229 g/mol. The predicted octanol–water partition coefficient (Wildman–Crippen LogP) is 3.81. The van der Waals surface area contributed by atoms with E-state index >= 15 is 0 Å². The van der Waals surface area contributed by atoms with Crippen LogP contribution in [0.25, 0.3) is 10.9 Å². The highest BCUT2D eigenvalue weighted by Crippen LogP contribution is 2.20. The number of ether oxygens (including phenoxy) is 1. The number of fused-ring (bicyclic) bond motifs is 1. The van der Waals surface area contributed by atoms with E-state index in [1.54, 1.807) is 11.3 Å². The quantitative estimate of drug-likeness (QED) is 0.725. The molecule has 3 aromatic rings. The summed E-state index contributed by atoms with van der Waals surface area (Å²) in [6.45, 7) is 0.638. The minimum atomic E-state index is 0.638. The Balaban J connectivity index is 1.78. The predicted molar refractivity (Wildman–Crippen MR) is 66.9 cm³/mol. The summed E-state index contributed by atoms with van der Waals surface area (Å²) in [7, 11) is 0. The van der Waals surface area contributed by atoms with Gasteiger partial charge in [-0.25, -0.2) is 0 Å². The van der Waals surface area contributed by atoms with E-state index in [0.29, 0.717) is 6.61 Å². The van der Waals surface area contributed by atoms with E-state index in [0.717, 1.165) is 11.3 Å². The van der Waals surface area contributed by atoms with Gasteiger partial charge in [0.05, 0.1) is 0 Å². The van der Waals surface area contributed by atoms with Crippen LogP contribution in [0.5, 0.6) is 5.75 Å². The Labute approximate surface area is 97.5 Å². The molecule has 0 unspecified atom stereocenters. The van der Waals surface area contributed by atoms with Gasteiger partial charge in [0.1, 0.15) is 12.4 Å². The number of benzene rings is 1. The van der Waals surface area contributed by atoms with E-state index < -0.39 is 0 Å². The zero-order valence-electron chi connectivity index (χ0n) is 8.64. The third-order valence-corrected chi connectivity index (χ3v) is 3.24. The van der Waals surface area contributed by atoms with Crippen LogP contribution in [0, 0.1) is 0 Å². The van der Waals surface area contributed by atoms with Crippen LogP contribution in [0.1, 0.15) is 5.56 Å². The number of hydrogen-bond acceptors (Lipinski definition) is 2. The Morgan fingerprint density at radius 1 is 1.19 bits per heavy atom. The van der Waals surface area contributed by atoms with Gasteiger partial charge in [-0.2, -0.15) is 11.3 Å². The SMILES string of the molecule is c1cc2cc(OCc3ccsc3)ccc2[nH]1. The lowest BCUT2D eigenvalue weighted by molar-refractivity contribution is 0.307. The molecule has 2 nitrogen and oxygen atoms in total. The second-order valence-corrected chi connectivity index (χ2v) is 4.43. The third kappa shape index (κ3) is 1.82. The number of H-pyrrole nitrogens is 1. The molecule has 0 spiro atoms. The number of hydrogen-bond donors (Lipinski definition) is 1. The zero-order valence-corrected chi connectivity index (χ0v) is 9.46. The van der Waals surface area contributed by atoms with Crippen molar-refractivity contribution in [1.29, 1.82) is 0 Å². The Hall–Kier alpha value is -1.74. The summed E-state index contributed by atoms with van der Waals surface area (Å²) in [4.78, 5) is 3.16. The molecule has 2 heterocycles. The van der Waals surface area contributed by atoms with Crippen molar-refractivity contribution in [1.82, 2.24) is 4.98 Å². The molecular formula is C13H11NOS. The average Bonchev–Trinajstić information content (AvgIpc) is 2.97. The first kappa shape index (κ1) is 9.48. The highest BCUT2D eigenvalue weighted by Gasteiger charge is 1.99. The first-order valence-electron chi connectivity index (χ1n) is 5.13. The van der Waals surface area contributed by atoms with Crippen molar-refractivity contribution in [2.75, 3.05) is 0 Å². The van der Waals surface area contributed by atoms with Gasteiger partial charge in [-0.05, 0) is 46.7 Å². The number of thiophene rings is 1. The van der Waals surface area contributed by atoms with E-state index in [9.17, 15) is 0 Å².